The minimum Gasteiger partial charge on any atom is -0.345 e. The van der Waals surface area contributed by atoms with E-state index in [2.05, 4.69) is 36.2 Å². The lowest BCUT2D eigenvalue weighted by Crippen LogP contribution is -2.23. The lowest BCUT2D eigenvalue weighted by Gasteiger charge is -2.11. The van der Waals surface area contributed by atoms with Crippen LogP contribution >= 0.6 is 11.6 Å². The molecule has 0 saturated carbocycles. The molecule has 3 aromatic carbocycles. The SMILES string of the molecule is O=C(CNc1nc(Nc2ccccc2)nc(Nc2ccccc2)n1)Nc1ccc(Cl)cc1. The summed E-state index contributed by atoms with van der Waals surface area (Å²) >= 11 is 5.88. The fourth-order valence-corrected chi connectivity index (χ4v) is 2.89. The molecule has 0 aliphatic rings. The minimum absolute atomic E-state index is 0.0256. The van der Waals surface area contributed by atoms with Gasteiger partial charge in [-0.3, -0.25) is 4.79 Å². The van der Waals surface area contributed by atoms with Gasteiger partial charge in [-0.2, -0.15) is 15.0 Å². The summed E-state index contributed by atoms with van der Waals surface area (Å²) in [5, 5.41) is 12.6. The Hall–Kier alpha value is -4.17. The summed E-state index contributed by atoms with van der Waals surface area (Å²) in [6.07, 6.45) is 0. The van der Waals surface area contributed by atoms with Gasteiger partial charge in [0.05, 0.1) is 6.54 Å². The highest BCUT2D eigenvalue weighted by molar-refractivity contribution is 6.30. The van der Waals surface area contributed by atoms with Crippen LogP contribution in [0.3, 0.4) is 0 Å². The highest BCUT2D eigenvalue weighted by Crippen LogP contribution is 2.18. The maximum atomic E-state index is 12.3. The average molecular weight is 446 g/mol. The third kappa shape index (κ3) is 6.16. The number of amides is 1. The van der Waals surface area contributed by atoms with Crippen LogP contribution in [0.25, 0.3) is 0 Å². The van der Waals surface area contributed by atoms with E-state index in [0.717, 1.165) is 11.4 Å². The Kier molecular flexibility index (Phi) is 6.74. The van der Waals surface area contributed by atoms with E-state index < -0.39 is 0 Å². The van der Waals surface area contributed by atoms with Gasteiger partial charge in [0.2, 0.25) is 23.8 Å². The second-order valence-electron chi connectivity index (χ2n) is 6.70. The smallest absolute Gasteiger partial charge is 0.243 e. The molecule has 0 spiro atoms. The number of nitrogens with one attached hydrogen (secondary N) is 4. The molecule has 4 N–H and O–H groups in total. The molecule has 0 aliphatic heterocycles. The molecule has 0 unspecified atom stereocenters. The zero-order chi connectivity index (χ0) is 22.2. The highest BCUT2D eigenvalue weighted by Gasteiger charge is 2.10. The zero-order valence-corrected chi connectivity index (χ0v) is 17.7. The summed E-state index contributed by atoms with van der Waals surface area (Å²) in [5.74, 6) is 0.682. The molecule has 0 fully saturated rings. The molecule has 0 radical (unpaired) electrons. The van der Waals surface area contributed by atoms with E-state index in [1.54, 1.807) is 24.3 Å². The van der Waals surface area contributed by atoms with Gasteiger partial charge in [-0.15, -0.1) is 0 Å². The first-order chi connectivity index (χ1) is 15.6. The van der Waals surface area contributed by atoms with Crippen LogP contribution in [0.15, 0.2) is 84.9 Å². The molecule has 4 aromatic rings. The number of carbonyl (C=O) groups is 1. The molecular weight excluding hydrogens is 426 g/mol. The van der Waals surface area contributed by atoms with Crippen molar-refractivity contribution < 1.29 is 4.79 Å². The highest BCUT2D eigenvalue weighted by atomic mass is 35.5. The number of hydrogen-bond donors (Lipinski definition) is 4. The quantitative estimate of drug-likeness (QED) is 0.300. The van der Waals surface area contributed by atoms with Crippen molar-refractivity contribution in [2.24, 2.45) is 0 Å². The predicted octanol–water partition coefficient (Wildman–Crippen LogP) is 5.06. The van der Waals surface area contributed by atoms with Crippen molar-refractivity contribution in [3.63, 3.8) is 0 Å². The lowest BCUT2D eigenvalue weighted by molar-refractivity contribution is -0.114. The number of para-hydroxylation sites is 2. The first-order valence-electron chi connectivity index (χ1n) is 9.83. The molecule has 32 heavy (non-hydrogen) atoms. The zero-order valence-electron chi connectivity index (χ0n) is 16.9. The van der Waals surface area contributed by atoms with Crippen molar-refractivity contribution in [3.8, 4) is 0 Å². The number of nitrogens with zero attached hydrogens (tertiary/aromatic N) is 3. The van der Waals surface area contributed by atoms with E-state index in [9.17, 15) is 4.79 Å². The molecule has 0 atom stereocenters. The van der Waals surface area contributed by atoms with Gasteiger partial charge in [0.25, 0.3) is 0 Å². The number of halogens is 1. The summed E-state index contributed by atoms with van der Waals surface area (Å²) in [6, 6.07) is 26.0. The number of hydrogen-bond acceptors (Lipinski definition) is 7. The molecule has 4 rings (SSSR count). The van der Waals surface area contributed by atoms with Crippen LogP contribution in [0.2, 0.25) is 5.02 Å². The van der Waals surface area contributed by atoms with Gasteiger partial charge in [-0.05, 0) is 48.5 Å². The Morgan fingerprint density at radius 1 is 0.656 bits per heavy atom. The summed E-state index contributed by atoms with van der Waals surface area (Å²) in [6.45, 7) is -0.0256. The van der Waals surface area contributed by atoms with Crippen LogP contribution < -0.4 is 21.3 Å². The van der Waals surface area contributed by atoms with Crippen LogP contribution in [0.4, 0.5) is 34.9 Å². The second-order valence-corrected chi connectivity index (χ2v) is 7.13. The van der Waals surface area contributed by atoms with Crippen molar-refractivity contribution in [2.45, 2.75) is 0 Å². The number of benzene rings is 3. The van der Waals surface area contributed by atoms with Crippen LogP contribution in [-0.4, -0.2) is 27.4 Å². The molecule has 9 heteroatoms. The van der Waals surface area contributed by atoms with Gasteiger partial charge in [-0.25, -0.2) is 0 Å². The van der Waals surface area contributed by atoms with Gasteiger partial charge < -0.3 is 21.3 Å². The van der Waals surface area contributed by atoms with Gasteiger partial charge in [0.1, 0.15) is 0 Å². The summed E-state index contributed by atoms with van der Waals surface area (Å²) in [7, 11) is 0. The van der Waals surface area contributed by atoms with Crippen molar-refractivity contribution in [1.82, 2.24) is 15.0 Å². The minimum atomic E-state index is -0.247. The maximum Gasteiger partial charge on any atom is 0.243 e. The fourth-order valence-electron chi connectivity index (χ4n) is 2.77. The van der Waals surface area contributed by atoms with Crippen molar-refractivity contribution in [2.75, 3.05) is 27.8 Å². The topological polar surface area (TPSA) is 104 Å². The molecule has 160 valence electrons. The van der Waals surface area contributed by atoms with E-state index in [1.807, 2.05) is 60.7 Å². The third-order valence-electron chi connectivity index (χ3n) is 4.23. The molecule has 0 aliphatic carbocycles. The van der Waals surface area contributed by atoms with Crippen LogP contribution in [0, 0.1) is 0 Å². The van der Waals surface area contributed by atoms with E-state index in [4.69, 9.17) is 11.6 Å². The second kappa shape index (κ2) is 10.2. The maximum absolute atomic E-state index is 12.3. The number of carbonyl (C=O) groups excluding carboxylic acids is 1. The summed E-state index contributed by atoms with van der Waals surface area (Å²) < 4.78 is 0. The molecule has 1 amide bonds. The summed E-state index contributed by atoms with van der Waals surface area (Å²) in [5.41, 5.74) is 2.31. The Labute approximate surface area is 190 Å². The van der Waals surface area contributed by atoms with Crippen molar-refractivity contribution >= 4 is 52.4 Å². The first kappa shape index (κ1) is 21.1. The van der Waals surface area contributed by atoms with Gasteiger partial charge in [-0.1, -0.05) is 48.0 Å². The van der Waals surface area contributed by atoms with E-state index >= 15 is 0 Å². The predicted molar refractivity (Wildman–Crippen MR) is 128 cm³/mol. The molecule has 0 saturated heterocycles. The van der Waals surface area contributed by atoms with Crippen LogP contribution in [0.1, 0.15) is 0 Å². The van der Waals surface area contributed by atoms with E-state index in [0.29, 0.717) is 22.6 Å². The largest absolute Gasteiger partial charge is 0.345 e. The van der Waals surface area contributed by atoms with E-state index in [1.165, 1.54) is 0 Å². The number of aromatic nitrogens is 3. The van der Waals surface area contributed by atoms with Gasteiger partial charge in [0, 0.05) is 22.1 Å². The standard InChI is InChI=1S/C23H20ClN7O/c24-16-11-13-19(14-12-16)26-20(32)15-25-21-29-22(27-17-7-3-1-4-8-17)31-23(30-21)28-18-9-5-2-6-10-18/h1-14H,15H2,(H,26,32)(H3,25,27,28,29,30,31). The normalized spacial score (nSPS) is 10.3. The third-order valence-corrected chi connectivity index (χ3v) is 4.48. The monoisotopic (exact) mass is 445 g/mol. The molecular formula is C23H20ClN7O. The van der Waals surface area contributed by atoms with Gasteiger partial charge >= 0.3 is 0 Å². The van der Waals surface area contributed by atoms with E-state index in [-0.39, 0.29) is 18.4 Å². The number of rotatable bonds is 8. The van der Waals surface area contributed by atoms with Crippen molar-refractivity contribution in [1.29, 1.82) is 0 Å². The summed E-state index contributed by atoms with van der Waals surface area (Å²) in [4.78, 5) is 25.5. The Balaban J connectivity index is 1.48. The van der Waals surface area contributed by atoms with Gasteiger partial charge in [0.15, 0.2) is 0 Å². The molecule has 0 bridgehead atoms. The molecule has 1 heterocycles. The Morgan fingerprint density at radius 2 is 1.16 bits per heavy atom. The first-order valence-corrected chi connectivity index (χ1v) is 10.2. The molecule has 8 nitrogen and oxygen atoms in total. The Morgan fingerprint density at radius 3 is 1.69 bits per heavy atom. The number of anilines is 6. The Bertz CT molecular complexity index is 1110. The van der Waals surface area contributed by atoms with Crippen LogP contribution in [0.5, 0.6) is 0 Å². The average Bonchev–Trinajstić information content (AvgIpc) is 2.80. The van der Waals surface area contributed by atoms with Crippen molar-refractivity contribution in [3.05, 3.63) is 90.0 Å². The lowest BCUT2D eigenvalue weighted by atomic mass is 10.3. The van der Waals surface area contributed by atoms with Crippen LogP contribution in [-0.2, 0) is 4.79 Å². The fraction of sp³-hybridized carbons (Fsp3) is 0.0435. The molecule has 1 aromatic heterocycles.